The van der Waals surface area contributed by atoms with Gasteiger partial charge >= 0.3 is 0 Å². The first-order chi connectivity index (χ1) is 8.48. The molecule has 1 atom stereocenters. The Labute approximate surface area is 115 Å². The van der Waals surface area contributed by atoms with Crippen molar-refractivity contribution in [3.05, 3.63) is 16.4 Å². The van der Waals surface area contributed by atoms with Gasteiger partial charge in [-0.2, -0.15) is 5.10 Å². The van der Waals surface area contributed by atoms with E-state index in [2.05, 4.69) is 24.3 Å². The monoisotopic (exact) mass is 269 g/mol. The molecular formula is C14H24ClN3. The minimum absolute atomic E-state index is 0.455. The summed E-state index contributed by atoms with van der Waals surface area (Å²) in [5, 5.41) is 8.93. The topological polar surface area (TPSA) is 29.9 Å². The third-order valence-corrected chi connectivity index (χ3v) is 4.67. The van der Waals surface area contributed by atoms with Gasteiger partial charge in [0.15, 0.2) is 0 Å². The summed E-state index contributed by atoms with van der Waals surface area (Å²) in [5.74, 6) is 0. The predicted molar refractivity (Wildman–Crippen MR) is 76.1 cm³/mol. The second-order valence-electron chi connectivity index (χ2n) is 5.83. The number of aromatic nitrogens is 2. The second kappa shape index (κ2) is 5.22. The molecule has 1 heterocycles. The van der Waals surface area contributed by atoms with Crippen molar-refractivity contribution >= 4 is 11.6 Å². The van der Waals surface area contributed by atoms with Gasteiger partial charge in [0.25, 0.3) is 0 Å². The Morgan fingerprint density at radius 3 is 2.61 bits per heavy atom. The number of aryl methyl sites for hydroxylation is 2. The Bertz CT molecular complexity index is 421. The average molecular weight is 270 g/mol. The highest BCUT2D eigenvalue weighted by atomic mass is 35.5. The highest BCUT2D eigenvalue weighted by Gasteiger charge is 2.44. The summed E-state index contributed by atoms with van der Waals surface area (Å²) >= 11 is 6.35. The van der Waals surface area contributed by atoms with Crippen LogP contribution in [0.4, 0.5) is 0 Å². The van der Waals surface area contributed by atoms with Crippen LogP contribution in [-0.4, -0.2) is 22.4 Å². The van der Waals surface area contributed by atoms with E-state index in [4.69, 9.17) is 11.6 Å². The molecule has 1 aliphatic rings. The lowest BCUT2D eigenvalue weighted by Gasteiger charge is -2.25. The average Bonchev–Trinajstić information content (AvgIpc) is 3.02. The molecule has 1 N–H and O–H groups in total. The molecule has 1 saturated carbocycles. The summed E-state index contributed by atoms with van der Waals surface area (Å²) in [4.78, 5) is 0. The van der Waals surface area contributed by atoms with E-state index in [1.807, 2.05) is 18.7 Å². The van der Waals surface area contributed by atoms with Crippen LogP contribution >= 0.6 is 11.6 Å². The van der Waals surface area contributed by atoms with Gasteiger partial charge in [0.2, 0.25) is 0 Å². The van der Waals surface area contributed by atoms with Crippen LogP contribution < -0.4 is 5.32 Å². The molecule has 0 aliphatic heterocycles. The van der Waals surface area contributed by atoms with E-state index >= 15 is 0 Å². The van der Waals surface area contributed by atoms with Gasteiger partial charge in [-0.3, -0.25) is 4.68 Å². The van der Waals surface area contributed by atoms with Gasteiger partial charge in [-0.25, -0.2) is 0 Å². The highest BCUT2D eigenvalue weighted by molar-refractivity contribution is 6.31. The van der Waals surface area contributed by atoms with Crippen molar-refractivity contribution < 1.29 is 0 Å². The minimum atomic E-state index is 0.455. The molecule has 2 rings (SSSR count). The molecule has 1 unspecified atom stereocenters. The molecule has 1 aromatic rings. The van der Waals surface area contributed by atoms with Crippen molar-refractivity contribution in [1.29, 1.82) is 0 Å². The van der Waals surface area contributed by atoms with Crippen LogP contribution in [-0.2, 0) is 13.5 Å². The summed E-state index contributed by atoms with van der Waals surface area (Å²) < 4.78 is 1.93. The summed E-state index contributed by atoms with van der Waals surface area (Å²) in [6, 6.07) is 0.518. The van der Waals surface area contributed by atoms with Gasteiger partial charge in [0, 0.05) is 19.5 Å². The molecule has 1 aromatic heterocycles. The summed E-state index contributed by atoms with van der Waals surface area (Å²) in [5.41, 5.74) is 2.55. The van der Waals surface area contributed by atoms with E-state index in [-0.39, 0.29) is 0 Å². The van der Waals surface area contributed by atoms with Crippen LogP contribution in [0.5, 0.6) is 0 Å². The van der Waals surface area contributed by atoms with Crippen molar-refractivity contribution in [2.24, 2.45) is 12.5 Å². The third-order valence-electron chi connectivity index (χ3n) is 4.18. The molecule has 102 valence electrons. The van der Waals surface area contributed by atoms with Crippen molar-refractivity contribution in [1.82, 2.24) is 15.1 Å². The standard InChI is InChI=1S/C14H24ClN3/c1-5-8-16-12(14(3)6-7-14)9-11-13(15)10(2)17-18(11)4/h12,16H,5-9H2,1-4H3. The maximum atomic E-state index is 6.35. The van der Waals surface area contributed by atoms with Crippen molar-refractivity contribution in [2.75, 3.05) is 6.54 Å². The fourth-order valence-electron chi connectivity index (χ4n) is 2.52. The van der Waals surface area contributed by atoms with Crippen LogP contribution in [0.2, 0.25) is 5.02 Å². The Morgan fingerprint density at radius 1 is 1.50 bits per heavy atom. The molecule has 1 fully saturated rings. The number of halogens is 1. The molecule has 4 heteroatoms. The summed E-state index contributed by atoms with van der Waals surface area (Å²) in [6.45, 7) is 7.63. The highest BCUT2D eigenvalue weighted by Crippen LogP contribution is 2.49. The maximum Gasteiger partial charge on any atom is 0.0847 e. The zero-order valence-corrected chi connectivity index (χ0v) is 12.6. The number of rotatable bonds is 6. The lowest BCUT2D eigenvalue weighted by atomic mass is 9.94. The molecule has 0 radical (unpaired) electrons. The number of nitrogens with one attached hydrogen (secondary N) is 1. The van der Waals surface area contributed by atoms with Crippen molar-refractivity contribution in [3.63, 3.8) is 0 Å². The largest absolute Gasteiger partial charge is 0.313 e. The predicted octanol–water partition coefficient (Wildman–Crippen LogP) is 3.09. The summed E-state index contributed by atoms with van der Waals surface area (Å²) in [7, 11) is 1.99. The third kappa shape index (κ3) is 2.72. The molecule has 0 spiro atoms. The van der Waals surface area contributed by atoms with Gasteiger partial charge < -0.3 is 5.32 Å². The van der Waals surface area contributed by atoms with Gasteiger partial charge in [0.1, 0.15) is 0 Å². The Morgan fingerprint density at radius 2 is 2.17 bits per heavy atom. The maximum absolute atomic E-state index is 6.35. The van der Waals surface area contributed by atoms with Crippen LogP contribution in [0.25, 0.3) is 0 Å². The first-order valence-corrected chi connectivity index (χ1v) is 7.27. The number of nitrogens with zero attached hydrogens (tertiary/aromatic N) is 2. The molecule has 0 bridgehead atoms. The molecule has 0 aromatic carbocycles. The van der Waals surface area contributed by atoms with E-state index < -0.39 is 0 Å². The molecule has 3 nitrogen and oxygen atoms in total. The van der Waals surface area contributed by atoms with Crippen LogP contribution in [0.3, 0.4) is 0 Å². The second-order valence-corrected chi connectivity index (χ2v) is 6.21. The van der Waals surface area contributed by atoms with E-state index in [1.165, 1.54) is 19.3 Å². The van der Waals surface area contributed by atoms with Crippen molar-refractivity contribution in [2.45, 2.75) is 52.5 Å². The number of hydrogen-bond acceptors (Lipinski definition) is 2. The molecule has 1 aliphatic carbocycles. The first-order valence-electron chi connectivity index (χ1n) is 6.89. The quantitative estimate of drug-likeness (QED) is 0.860. The van der Waals surface area contributed by atoms with Crippen LogP contribution in [0, 0.1) is 12.3 Å². The minimum Gasteiger partial charge on any atom is -0.313 e. The zero-order chi connectivity index (χ0) is 13.3. The number of hydrogen-bond donors (Lipinski definition) is 1. The van der Waals surface area contributed by atoms with E-state index in [9.17, 15) is 0 Å². The first kappa shape index (κ1) is 13.9. The SMILES string of the molecule is CCCNC(Cc1c(Cl)c(C)nn1C)C1(C)CC1. The van der Waals surface area contributed by atoms with Gasteiger partial charge in [-0.15, -0.1) is 0 Å². The summed E-state index contributed by atoms with van der Waals surface area (Å²) in [6.07, 6.45) is 4.79. The van der Waals surface area contributed by atoms with Crippen molar-refractivity contribution in [3.8, 4) is 0 Å². The van der Waals surface area contributed by atoms with Gasteiger partial charge in [-0.1, -0.05) is 25.4 Å². The fourth-order valence-corrected chi connectivity index (χ4v) is 2.76. The Kier molecular flexibility index (Phi) is 4.02. The Hall–Kier alpha value is -0.540. The molecule has 18 heavy (non-hydrogen) atoms. The lowest BCUT2D eigenvalue weighted by molar-refractivity contribution is 0.348. The fraction of sp³-hybridized carbons (Fsp3) is 0.786. The van der Waals surface area contributed by atoms with E-state index in [1.54, 1.807) is 0 Å². The Balaban J connectivity index is 2.13. The van der Waals surface area contributed by atoms with Gasteiger partial charge in [0.05, 0.1) is 16.4 Å². The lowest BCUT2D eigenvalue weighted by Crippen LogP contribution is -2.39. The zero-order valence-electron chi connectivity index (χ0n) is 11.9. The molecule has 0 saturated heterocycles. The normalized spacial score (nSPS) is 18.9. The van der Waals surface area contributed by atoms with Crippen LogP contribution in [0.15, 0.2) is 0 Å². The van der Waals surface area contributed by atoms with E-state index in [0.29, 0.717) is 11.5 Å². The molecule has 0 amide bonds. The van der Waals surface area contributed by atoms with Gasteiger partial charge in [-0.05, 0) is 38.1 Å². The van der Waals surface area contributed by atoms with Crippen LogP contribution in [0.1, 0.15) is 44.5 Å². The van der Waals surface area contributed by atoms with E-state index in [0.717, 1.165) is 29.4 Å². The smallest absolute Gasteiger partial charge is 0.0847 e. The molecular weight excluding hydrogens is 246 g/mol.